The van der Waals surface area contributed by atoms with Crippen LogP contribution in [0.3, 0.4) is 0 Å². The Morgan fingerprint density at radius 3 is 1.77 bits per heavy atom. The molecule has 242 valence electrons. The highest BCUT2D eigenvalue weighted by Crippen LogP contribution is 2.41. The zero-order chi connectivity index (χ0) is 34.6. The minimum absolute atomic E-state index is 0.599. The molecule has 0 aliphatic rings. The molecule has 0 aliphatic carbocycles. The minimum Gasteiger partial charge on any atom is -0.226 e. The summed E-state index contributed by atoms with van der Waals surface area (Å²) in [5, 5.41) is 13.0. The first kappa shape index (κ1) is 30.2. The Hall–Kier alpha value is -6.66. The van der Waals surface area contributed by atoms with Gasteiger partial charge in [0, 0.05) is 58.1 Å². The van der Waals surface area contributed by atoms with E-state index in [4.69, 9.17) is 24.9 Å². The van der Waals surface area contributed by atoms with Crippen molar-refractivity contribution in [2.75, 3.05) is 0 Å². The van der Waals surface area contributed by atoms with Crippen molar-refractivity contribution in [3.05, 3.63) is 151 Å². The van der Waals surface area contributed by atoms with E-state index in [1.807, 2.05) is 97.1 Å². The van der Waals surface area contributed by atoms with Crippen LogP contribution in [0.15, 0.2) is 146 Å². The molecule has 10 rings (SSSR count). The van der Waals surface area contributed by atoms with Gasteiger partial charge in [0.2, 0.25) is 0 Å². The Morgan fingerprint density at radius 2 is 1.02 bits per heavy atom. The van der Waals surface area contributed by atoms with Crippen LogP contribution in [0.5, 0.6) is 0 Å². The van der Waals surface area contributed by atoms with E-state index in [1.165, 1.54) is 4.70 Å². The molecule has 0 saturated heterocycles. The monoisotopic (exact) mass is 700 g/mol. The molecule has 0 unspecified atom stereocenters. The maximum atomic E-state index is 9.65. The number of rotatable bonds is 5. The number of hydrogen-bond donors (Lipinski definition) is 0. The maximum Gasteiger partial charge on any atom is 0.164 e. The predicted molar refractivity (Wildman–Crippen MR) is 213 cm³/mol. The van der Waals surface area contributed by atoms with E-state index >= 15 is 0 Å². The number of hydrogen-bond acceptors (Lipinski definition) is 8. The summed E-state index contributed by atoms with van der Waals surface area (Å²) in [6, 6.07) is 51.2. The normalized spacial score (nSPS) is 11.4. The Bertz CT molecular complexity index is 2980. The fourth-order valence-electron chi connectivity index (χ4n) is 6.64. The SMILES string of the molecule is N#Cc1cccc(-c2nc(-c3ccc4sc5cc(-c6nc(-c7ccccc7)nc(-c7ccccc7)n6)ccc5c4c3)nc3c2sc2ccccc23)c1. The van der Waals surface area contributed by atoms with Crippen molar-refractivity contribution in [1.29, 1.82) is 5.26 Å². The van der Waals surface area contributed by atoms with Crippen LogP contribution < -0.4 is 0 Å². The van der Waals surface area contributed by atoms with Crippen molar-refractivity contribution >= 4 is 63.1 Å². The zero-order valence-electron chi connectivity index (χ0n) is 27.4. The quantitative estimate of drug-likeness (QED) is 0.178. The molecule has 0 amide bonds. The summed E-state index contributed by atoms with van der Waals surface area (Å²) in [7, 11) is 0. The third-order valence-electron chi connectivity index (χ3n) is 9.17. The van der Waals surface area contributed by atoms with Crippen LogP contribution in [0.1, 0.15) is 5.56 Å². The molecule has 4 heterocycles. The maximum absolute atomic E-state index is 9.65. The first-order valence-corrected chi connectivity index (χ1v) is 18.4. The number of nitriles is 1. The molecule has 6 aromatic carbocycles. The van der Waals surface area contributed by atoms with Gasteiger partial charge in [-0.25, -0.2) is 24.9 Å². The Balaban J connectivity index is 1.11. The zero-order valence-corrected chi connectivity index (χ0v) is 29.0. The molecular weight excluding hydrogens is 677 g/mol. The van der Waals surface area contributed by atoms with Gasteiger partial charge < -0.3 is 0 Å². The van der Waals surface area contributed by atoms with Crippen LogP contribution in [-0.4, -0.2) is 24.9 Å². The molecule has 0 aliphatic heterocycles. The first-order chi connectivity index (χ1) is 25.7. The summed E-state index contributed by atoms with van der Waals surface area (Å²) in [6.07, 6.45) is 0. The van der Waals surface area contributed by atoms with Crippen molar-refractivity contribution in [2.24, 2.45) is 0 Å². The highest BCUT2D eigenvalue weighted by molar-refractivity contribution is 7.26. The van der Waals surface area contributed by atoms with E-state index in [0.29, 0.717) is 28.9 Å². The largest absolute Gasteiger partial charge is 0.226 e. The van der Waals surface area contributed by atoms with Crippen molar-refractivity contribution < 1.29 is 0 Å². The van der Waals surface area contributed by atoms with Crippen molar-refractivity contribution in [1.82, 2.24) is 24.9 Å². The molecule has 52 heavy (non-hydrogen) atoms. The summed E-state index contributed by atoms with van der Waals surface area (Å²) >= 11 is 3.43. The Morgan fingerprint density at radius 1 is 0.404 bits per heavy atom. The van der Waals surface area contributed by atoms with Gasteiger partial charge in [-0.15, -0.1) is 22.7 Å². The molecular formula is C44H24N6S2. The van der Waals surface area contributed by atoms with Gasteiger partial charge in [-0.3, -0.25) is 0 Å². The molecule has 0 radical (unpaired) electrons. The van der Waals surface area contributed by atoms with Crippen LogP contribution in [0.2, 0.25) is 0 Å². The van der Waals surface area contributed by atoms with Crippen molar-refractivity contribution in [2.45, 2.75) is 0 Å². The van der Waals surface area contributed by atoms with Crippen LogP contribution in [0.4, 0.5) is 0 Å². The lowest BCUT2D eigenvalue weighted by molar-refractivity contribution is 1.07. The summed E-state index contributed by atoms with van der Waals surface area (Å²) in [4.78, 5) is 25.1. The first-order valence-electron chi connectivity index (χ1n) is 16.7. The molecule has 0 bridgehead atoms. The third kappa shape index (κ3) is 5.19. The van der Waals surface area contributed by atoms with Gasteiger partial charge in [-0.1, -0.05) is 103 Å². The number of benzene rings is 6. The fraction of sp³-hybridized carbons (Fsp3) is 0. The molecule has 4 aromatic heterocycles. The molecule has 6 nitrogen and oxygen atoms in total. The smallest absolute Gasteiger partial charge is 0.164 e. The van der Waals surface area contributed by atoms with Gasteiger partial charge in [-0.2, -0.15) is 5.26 Å². The lowest BCUT2D eigenvalue weighted by Crippen LogP contribution is -1.99. The average molecular weight is 701 g/mol. The van der Waals surface area contributed by atoms with Crippen LogP contribution in [0, 0.1) is 11.3 Å². The molecule has 0 atom stereocenters. The second-order valence-corrected chi connectivity index (χ2v) is 14.6. The van der Waals surface area contributed by atoms with Gasteiger partial charge >= 0.3 is 0 Å². The Kier molecular flexibility index (Phi) is 7.13. The Labute approximate surface area is 306 Å². The predicted octanol–water partition coefficient (Wildman–Crippen LogP) is 11.6. The summed E-state index contributed by atoms with van der Waals surface area (Å²) in [5.74, 6) is 2.56. The summed E-state index contributed by atoms with van der Waals surface area (Å²) in [5.41, 5.74) is 7.00. The van der Waals surface area contributed by atoms with E-state index in [2.05, 4.69) is 54.6 Å². The second-order valence-electron chi connectivity index (χ2n) is 12.4. The minimum atomic E-state index is 0.599. The van der Waals surface area contributed by atoms with E-state index in [9.17, 15) is 5.26 Å². The van der Waals surface area contributed by atoms with Gasteiger partial charge in [0.15, 0.2) is 23.3 Å². The molecule has 0 spiro atoms. The van der Waals surface area contributed by atoms with Gasteiger partial charge in [0.1, 0.15) is 0 Å². The average Bonchev–Trinajstić information content (AvgIpc) is 3.78. The second kappa shape index (κ2) is 12.3. The lowest BCUT2D eigenvalue weighted by atomic mass is 10.1. The van der Waals surface area contributed by atoms with Gasteiger partial charge in [-0.05, 0) is 42.5 Å². The molecule has 10 aromatic rings. The molecule has 0 N–H and O–H groups in total. The van der Waals surface area contributed by atoms with E-state index in [-0.39, 0.29) is 0 Å². The van der Waals surface area contributed by atoms with E-state index in [1.54, 1.807) is 22.7 Å². The van der Waals surface area contributed by atoms with Crippen LogP contribution in [-0.2, 0) is 0 Å². The molecule has 0 fully saturated rings. The fourth-order valence-corrected chi connectivity index (χ4v) is 8.92. The topological polar surface area (TPSA) is 88.2 Å². The highest BCUT2D eigenvalue weighted by atomic mass is 32.1. The standard InChI is InChI=1S/C44H24N6S2/c45-25-26-10-9-15-29(22-26)38-40-39(33-16-7-8-17-35(33)52-40)47-43(46-38)30-19-21-36-34(23-30)32-20-18-31(24-37(32)51-36)44-49-41(27-11-3-1-4-12-27)48-42(50-44)28-13-5-2-6-14-28/h1-24H. The van der Waals surface area contributed by atoms with Gasteiger partial charge in [0.25, 0.3) is 0 Å². The number of nitrogens with zero attached hydrogens (tertiary/aromatic N) is 6. The van der Waals surface area contributed by atoms with Crippen molar-refractivity contribution in [3.8, 4) is 62.9 Å². The molecule has 0 saturated carbocycles. The van der Waals surface area contributed by atoms with Crippen LogP contribution >= 0.6 is 22.7 Å². The highest BCUT2D eigenvalue weighted by Gasteiger charge is 2.19. The molecule has 8 heteroatoms. The van der Waals surface area contributed by atoms with Gasteiger partial charge in [0.05, 0.1) is 27.5 Å². The number of fused-ring (bicyclic) bond motifs is 6. The van der Waals surface area contributed by atoms with E-state index in [0.717, 1.165) is 69.3 Å². The number of aromatic nitrogens is 5. The summed E-state index contributed by atoms with van der Waals surface area (Å²) < 4.78 is 4.48. The van der Waals surface area contributed by atoms with Crippen molar-refractivity contribution in [3.63, 3.8) is 0 Å². The van der Waals surface area contributed by atoms with E-state index < -0.39 is 0 Å². The lowest BCUT2D eigenvalue weighted by Gasteiger charge is -2.08. The summed E-state index contributed by atoms with van der Waals surface area (Å²) in [6.45, 7) is 0. The number of thiophene rings is 2. The van der Waals surface area contributed by atoms with Crippen LogP contribution in [0.25, 0.3) is 97.3 Å². The third-order valence-corrected chi connectivity index (χ3v) is 11.5.